The lowest BCUT2D eigenvalue weighted by molar-refractivity contribution is 0.324. The number of nitrogens with zero attached hydrogens (tertiary/aromatic N) is 2. The fourth-order valence-corrected chi connectivity index (χ4v) is 3.91. The zero-order valence-corrected chi connectivity index (χ0v) is 17.2. The SMILES string of the molecule is COc1cc(-c2nnc(C3=C(Cl)c4ccccc4CCC3)o2)cc(OC)c1OC. The van der Waals surface area contributed by atoms with Crippen LogP contribution in [0.1, 0.15) is 29.9 Å². The molecule has 0 saturated carbocycles. The number of aromatic nitrogens is 2. The molecule has 0 unspecified atom stereocenters. The lowest BCUT2D eigenvalue weighted by Crippen LogP contribution is -1.95. The van der Waals surface area contributed by atoms with Crippen LogP contribution in [0.3, 0.4) is 0 Å². The Labute approximate surface area is 174 Å². The molecule has 0 amide bonds. The molecule has 6 nitrogen and oxygen atoms in total. The van der Waals surface area contributed by atoms with Gasteiger partial charge < -0.3 is 18.6 Å². The second kappa shape index (κ2) is 8.17. The van der Waals surface area contributed by atoms with Crippen LogP contribution in [0, 0.1) is 0 Å². The Bertz CT molecular complexity index is 1050. The number of ether oxygens (including phenoxy) is 3. The predicted octanol–water partition coefficient (Wildman–Crippen LogP) is 5.21. The molecule has 2 aromatic carbocycles. The molecule has 0 aliphatic heterocycles. The molecule has 1 aromatic heterocycles. The zero-order valence-electron chi connectivity index (χ0n) is 16.5. The van der Waals surface area contributed by atoms with Crippen LogP contribution < -0.4 is 14.2 Å². The molecule has 0 spiro atoms. The van der Waals surface area contributed by atoms with Crippen LogP contribution in [-0.4, -0.2) is 31.5 Å². The molecule has 0 atom stereocenters. The molecule has 4 rings (SSSR count). The zero-order chi connectivity index (χ0) is 20.4. The van der Waals surface area contributed by atoms with Crippen molar-refractivity contribution >= 4 is 22.2 Å². The highest BCUT2D eigenvalue weighted by molar-refractivity contribution is 6.52. The van der Waals surface area contributed by atoms with Crippen LogP contribution in [0.2, 0.25) is 0 Å². The van der Waals surface area contributed by atoms with Crippen molar-refractivity contribution in [1.82, 2.24) is 10.2 Å². The first-order valence-corrected chi connectivity index (χ1v) is 9.65. The number of benzene rings is 2. The summed E-state index contributed by atoms with van der Waals surface area (Å²) in [6.45, 7) is 0. The maximum atomic E-state index is 6.74. The Balaban J connectivity index is 1.76. The van der Waals surface area contributed by atoms with Crippen LogP contribution in [0.25, 0.3) is 22.1 Å². The van der Waals surface area contributed by atoms with Crippen molar-refractivity contribution in [3.8, 4) is 28.7 Å². The summed E-state index contributed by atoms with van der Waals surface area (Å²) in [7, 11) is 4.69. The van der Waals surface area contributed by atoms with E-state index < -0.39 is 0 Å². The van der Waals surface area contributed by atoms with Gasteiger partial charge in [-0.1, -0.05) is 35.9 Å². The van der Waals surface area contributed by atoms with Crippen molar-refractivity contribution in [3.63, 3.8) is 0 Å². The van der Waals surface area contributed by atoms with Gasteiger partial charge in [-0.15, -0.1) is 10.2 Å². The van der Waals surface area contributed by atoms with Crippen molar-refractivity contribution in [2.45, 2.75) is 19.3 Å². The summed E-state index contributed by atoms with van der Waals surface area (Å²) >= 11 is 6.74. The molecular formula is C22H21ClN2O4. The van der Waals surface area contributed by atoms with Crippen molar-refractivity contribution < 1.29 is 18.6 Å². The van der Waals surface area contributed by atoms with Crippen LogP contribution in [0.5, 0.6) is 17.2 Å². The Hall–Kier alpha value is -2.99. The van der Waals surface area contributed by atoms with Gasteiger partial charge in [-0.2, -0.15) is 0 Å². The summed E-state index contributed by atoms with van der Waals surface area (Å²) in [6.07, 6.45) is 2.69. The van der Waals surface area contributed by atoms with E-state index in [1.54, 1.807) is 33.5 Å². The van der Waals surface area contributed by atoms with E-state index in [0.29, 0.717) is 39.6 Å². The highest BCUT2D eigenvalue weighted by Gasteiger charge is 2.22. The molecule has 0 N–H and O–H groups in total. The average Bonchev–Trinajstić information content (AvgIpc) is 3.18. The second-order valence-corrected chi connectivity index (χ2v) is 7.01. The normalized spacial score (nSPS) is 13.7. The van der Waals surface area contributed by atoms with Gasteiger partial charge in [-0.25, -0.2) is 0 Å². The molecule has 1 heterocycles. The molecule has 150 valence electrons. The molecule has 0 saturated heterocycles. The van der Waals surface area contributed by atoms with E-state index in [0.717, 1.165) is 30.4 Å². The minimum absolute atomic E-state index is 0.355. The lowest BCUT2D eigenvalue weighted by Gasteiger charge is -2.12. The first kappa shape index (κ1) is 19.3. The molecule has 0 fully saturated rings. The van der Waals surface area contributed by atoms with Crippen LogP contribution >= 0.6 is 11.6 Å². The summed E-state index contributed by atoms with van der Waals surface area (Å²) in [5.41, 5.74) is 3.79. The van der Waals surface area contributed by atoms with Crippen LogP contribution in [0.4, 0.5) is 0 Å². The van der Waals surface area contributed by atoms with Gasteiger partial charge >= 0.3 is 0 Å². The Kier molecular flexibility index (Phi) is 5.45. The van der Waals surface area contributed by atoms with Gasteiger partial charge in [-0.05, 0) is 42.5 Å². The summed E-state index contributed by atoms with van der Waals surface area (Å²) in [5, 5.41) is 9.16. The summed E-state index contributed by atoms with van der Waals surface area (Å²) in [5.74, 6) is 2.32. The minimum Gasteiger partial charge on any atom is -0.493 e. The highest BCUT2D eigenvalue weighted by atomic mass is 35.5. The number of methoxy groups -OCH3 is 3. The Morgan fingerprint density at radius 3 is 2.28 bits per heavy atom. The second-order valence-electron chi connectivity index (χ2n) is 6.63. The lowest BCUT2D eigenvalue weighted by atomic mass is 10.0. The quantitative estimate of drug-likeness (QED) is 0.573. The monoisotopic (exact) mass is 412 g/mol. The number of fused-ring (bicyclic) bond motifs is 1. The molecule has 7 heteroatoms. The van der Waals surface area contributed by atoms with Crippen molar-refractivity contribution in [1.29, 1.82) is 0 Å². The third-order valence-corrected chi connectivity index (χ3v) is 5.42. The van der Waals surface area contributed by atoms with Gasteiger partial charge in [0.15, 0.2) is 11.5 Å². The number of halogens is 1. The van der Waals surface area contributed by atoms with Crippen LogP contribution in [0.15, 0.2) is 40.8 Å². The smallest absolute Gasteiger partial charge is 0.248 e. The van der Waals surface area contributed by atoms with Gasteiger partial charge in [0.05, 0.1) is 26.4 Å². The van der Waals surface area contributed by atoms with E-state index in [9.17, 15) is 0 Å². The minimum atomic E-state index is 0.355. The third kappa shape index (κ3) is 3.56. The first-order valence-electron chi connectivity index (χ1n) is 9.27. The fourth-order valence-electron chi connectivity index (χ4n) is 3.55. The van der Waals surface area contributed by atoms with Crippen molar-refractivity contribution in [2.75, 3.05) is 21.3 Å². The molecule has 1 aliphatic carbocycles. The van der Waals surface area contributed by atoms with Crippen molar-refractivity contribution in [3.05, 3.63) is 53.4 Å². The maximum absolute atomic E-state index is 6.74. The van der Waals surface area contributed by atoms with Gasteiger partial charge in [-0.3, -0.25) is 0 Å². The van der Waals surface area contributed by atoms with Gasteiger partial charge in [0, 0.05) is 11.1 Å². The van der Waals surface area contributed by atoms with Crippen LogP contribution in [-0.2, 0) is 6.42 Å². The molecule has 0 radical (unpaired) electrons. The van der Waals surface area contributed by atoms with E-state index in [1.807, 2.05) is 18.2 Å². The average molecular weight is 413 g/mol. The van der Waals surface area contributed by atoms with E-state index >= 15 is 0 Å². The van der Waals surface area contributed by atoms with E-state index in [2.05, 4.69) is 16.3 Å². The molecule has 0 bridgehead atoms. The molecule has 29 heavy (non-hydrogen) atoms. The van der Waals surface area contributed by atoms with Crippen molar-refractivity contribution in [2.24, 2.45) is 0 Å². The van der Waals surface area contributed by atoms with E-state index in [1.165, 1.54) is 5.56 Å². The topological polar surface area (TPSA) is 66.6 Å². The third-order valence-electron chi connectivity index (χ3n) is 4.99. The fraction of sp³-hybridized carbons (Fsp3) is 0.273. The first-order chi connectivity index (χ1) is 14.2. The Morgan fingerprint density at radius 2 is 1.59 bits per heavy atom. The van der Waals surface area contributed by atoms with Gasteiger partial charge in [0.25, 0.3) is 0 Å². The number of hydrogen-bond donors (Lipinski definition) is 0. The summed E-state index contributed by atoms with van der Waals surface area (Å²) in [4.78, 5) is 0. The molecule has 3 aromatic rings. The summed E-state index contributed by atoms with van der Waals surface area (Å²) < 4.78 is 22.2. The maximum Gasteiger partial charge on any atom is 0.248 e. The number of hydrogen-bond acceptors (Lipinski definition) is 6. The predicted molar refractivity (Wildman–Crippen MR) is 111 cm³/mol. The van der Waals surface area contributed by atoms with E-state index in [4.69, 9.17) is 30.2 Å². The molecular weight excluding hydrogens is 392 g/mol. The largest absolute Gasteiger partial charge is 0.493 e. The summed E-state index contributed by atoms with van der Waals surface area (Å²) in [6, 6.07) is 11.7. The number of allylic oxidation sites excluding steroid dienone is 1. The number of aryl methyl sites for hydroxylation is 1. The standard InChI is InChI=1S/C22H21ClN2O4/c1-26-17-11-14(12-18(27-2)20(17)28-3)21-24-25-22(29-21)16-10-6-8-13-7-4-5-9-15(13)19(16)23/h4-5,7,9,11-12H,6,8,10H2,1-3H3. The Morgan fingerprint density at radius 1 is 0.897 bits per heavy atom. The highest BCUT2D eigenvalue weighted by Crippen LogP contribution is 2.42. The van der Waals surface area contributed by atoms with Gasteiger partial charge in [0.2, 0.25) is 17.5 Å². The van der Waals surface area contributed by atoms with Gasteiger partial charge in [0.1, 0.15) is 0 Å². The van der Waals surface area contributed by atoms with E-state index in [-0.39, 0.29) is 0 Å². The molecule has 1 aliphatic rings. The number of rotatable bonds is 5.